The smallest absolute Gasteiger partial charge is 0.260 e. The van der Waals surface area contributed by atoms with Gasteiger partial charge in [-0.3, -0.25) is 9.69 Å². The van der Waals surface area contributed by atoms with Gasteiger partial charge in [-0.25, -0.2) is 0 Å². The summed E-state index contributed by atoms with van der Waals surface area (Å²) in [5.74, 6) is 0.583. The van der Waals surface area contributed by atoms with Crippen LogP contribution in [0, 0.1) is 11.3 Å². The predicted octanol–water partition coefficient (Wildman–Crippen LogP) is 3.87. The van der Waals surface area contributed by atoms with Crippen molar-refractivity contribution in [1.29, 1.82) is 5.26 Å². The van der Waals surface area contributed by atoms with E-state index in [2.05, 4.69) is 59.5 Å². The fraction of sp³-hybridized carbons (Fsp3) is 0.231. The number of amides is 1. The molecule has 5 nitrogen and oxygen atoms in total. The summed E-state index contributed by atoms with van der Waals surface area (Å²) in [6.07, 6.45) is 0. The van der Waals surface area contributed by atoms with E-state index < -0.39 is 0 Å². The molecule has 3 aromatic carbocycles. The topological polar surface area (TPSA) is 56.6 Å². The predicted molar refractivity (Wildman–Crippen MR) is 120 cm³/mol. The summed E-state index contributed by atoms with van der Waals surface area (Å²) in [5, 5.41) is 8.87. The van der Waals surface area contributed by atoms with Gasteiger partial charge in [-0.2, -0.15) is 5.26 Å². The fourth-order valence-electron chi connectivity index (χ4n) is 3.98. The third kappa shape index (κ3) is 5.11. The second kappa shape index (κ2) is 9.92. The van der Waals surface area contributed by atoms with Crippen LogP contribution in [-0.4, -0.2) is 48.5 Å². The monoisotopic (exact) mass is 411 g/mol. The first-order valence-corrected chi connectivity index (χ1v) is 10.5. The van der Waals surface area contributed by atoms with Crippen molar-refractivity contribution < 1.29 is 9.53 Å². The van der Waals surface area contributed by atoms with E-state index >= 15 is 0 Å². The van der Waals surface area contributed by atoms with Crippen LogP contribution in [0.25, 0.3) is 0 Å². The van der Waals surface area contributed by atoms with E-state index in [-0.39, 0.29) is 18.6 Å². The standard InChI is InChI=1S/C26H25N3O2/c27-19-21-11-13-24(14-12-21)31-20-25(30)28-15-17-29(18-16-28)26(22-7-3-1-4-8-22)23-9-5-2-6-10-23/h1-14,26H,15-18,20H2. The Morgan fingerprint density at radius 3 is 1.90 bits per heavy atom. The Morgan fingerprint density at radius 2 is 1.39 bits per heavy atom. The molecule has 0 aliphatic carbocycles. The highest BCUT2D eigenvalue weighted by atomic mass is 16.5. The lowest BCUT2D eigenvalue weighted by molar-refractivity contribution is -0.135. The first-order valence-electron chi connectivity index (χ1n) is 10.5. The first-order chi connectivity index (χ1) is 15.2. The molecule has 3 aromatic rings. The van der Waals surface area contributed by atoms with Crippen molar-refractivity contribution in [1.82, 2.24) is 9.80 Å². The van der Waals surface area contributed by atoms with Crippen LogP contribution in [0.1, 0.15) is 22.7 Å². The minimum Gasteiger partial charge on any atom is -0.484 e. The van der Waals surface area contributed by atoms with E-state index in [1.54, 1.807) is 24.3 Å². The molecule has 0 saturated carbocycles. The lowest BCUT2D eigenvalue weighted by atomic mass is 9.96. The summed E-state index contributed by atoms with van der Waals surface area (Å²) in [6.45, 7) is 2.96. The van der Waals surface area contributed by atoms with Crippen LogP contribution in [0.15, 0.2) is 84.9 Å². The van der Waals surface area contributed by atoms with Gasteiger partial charge < -0.3 is 9.64 Å². The number of piperazine rings is 1. The number of hydrogen-bond donors (Lipinski definition) is 0. The van der Waals surface area contributed by atoms with Crippen LogP contribution in [0.2, 0.25) is 0 Å². The number of nitrogens with zero attached hydrogens (tertiary/aromatic N) is 3. The maximum Gasteiger partial charge on any atom is 0.260 e. The number of hydrogen-bond acceptors (Lipinski definition) is 4. The van der Waals surface area contributed by atoms with Gasteiger partial charge in [0, 0.05) is 26.2 Å². The summed E-state index contributed by atoms with van der Waals surface area (Å²) in [5.41, 5.74) is 3.09. The molecule has 156 valence electrons. The minimum atomic E-state index is -0.0139. The molecule has 1 fully saturated rings. The van der Waals surface area contributed by atoms with Crippen molar-refractivity contribution in [3.63, 3.8) is 0 Å². The average molecular weight is 412 g/mol. The molecular formula is C26H25N3O2. The van der Waals surface area contributed by atoms with Crippen LogP contribution < -0.4 is 4.74 Å². The highest BCUT2D eigenvalue weighted by Crippen LogP contribution is 2.29. The average Bonchev–Trinajstić information content (AvgIpc) is 2.85. The SMILES string of the molecule is N#Cc1ccc(OCC(=O)N2CCN(C(c3ccccc3)c3ccccc3)CC2)cc1. The number of ether oxygens (including phenoxy) is 1. The van der Waals surface area contributed by atoms with Gasteiger partial charge >= 0.3 is 0 Å². The van der Waals surface area contributed by atoms with Crippen molar-refractivity contribution in [2.75, 3.05) is 32.8 Å². The van der Waals surface area contributed by atoms with Gasteiger partial charge in [-0.05, 0) is 35.4 Å². The Labute approximate surface area is 183 Å². The van der Waals surface area contributed by atoms with Crippen LogP contribution in [0.5, 0.6) is 5.75 Å². The Kier molecular flexibility index (Phi) is 6.61. The molecule has 1 aliphatic heterocycles. The Balaban J connectivity index is 1.37. The highest BCUT2D eigenvalue weighted by Gasteiger charge is 2.28. The zero-order valence-electron chi connectivity index (χ0n) is 17.4. The van der Waals surface area contributed by atoms with Gasteiger partial charge in [0.25, 0.3) is 5.91 Å². The lowest BCUT2D eigenvalue weighted by Crippen LogP contribution is -2.51. The third-order valence-electron chi connectivity index (χ3n) is 5.61. The molecule has 1 amide bonds. The van der Waals surface area contributed by atoms with Gasteiger partial charge in [0.2, 0.25) is 0 Å². The number of carbonyl (C=O) groups excluding carboxylic acids is 1. The largest absolute Gasteiger partial charge is 0.484 e. The second-order valence-corrected chi connectivity index (χ2v) is 7.57. The van der Waals surface area contributed by atoms with Crippen LogP contribution in [-0.2, 0) is 4.79 Å². The molecule has 0 radical (unpaired) electrons. The van der Waals surface area contributed by atoms with Crippen molar-refractivity contribution in [2.24, 2.45) is 0 Å². The number of nitriles is 1. The van der Waals surface area contributed by atoms with Crippen LogP contribution in [0.3, 0.4) is 0 Å². The maximum atomic E-state index is 12.6. The van der Waals surface area contributed by atoms with Crippen molar-refractivity contribution >= 4 is 5.91 Å². The zero-order valence-corrected chi connectivity index (χ0v) is 17.4. The molecule has 1 saturated heterocycles. The lowest BCUT2D eigenvalue weighted by Gasteiger charge is -2.39. The van der Waals surface area contributed by atoms with Gasteiger partial charge in [0.1, 0.15) is 5.75 Å². The van der Waals surface area contributed by atoms with Crippen molar-refractivity contribution in [2.45, 2.75) is 6.04 Å². The first kappa shape index (κ1) is 20.6. The third-order valence-corrected chi connectivity index (χ3v) is 5.61. The molecule has 0 aromatic heterocycles. The van der Waals surface area contributed by atoms with Gasteiger partial charge in [0.15, 0.2) is 6.61 Å². The van der Waals surface area contributed by atoms with Gasteiger partial charge in [0.05, 0.1) is 17.7 Å². The Bertz CT molecular complexity index is 982. The summed E-state index contributed by atoms with van der Waals surface area (Å²) in [7, 11) is 0. The normalized spacial score (nSPS) is 14.3. The number of benzene rings is 3. The molecule has 0 unspecified atom stereocenters. The van der Waals surface area contributed by atoms with E-state index in [1.165, 1.54) is 11.1 Å². The Hall–Kier alpha value is -3.62. The summed E-state index contributed by atoms with van der Waals surface area (Å²) >= 11 is 0. The summed E-state index contributed by atoms with van der Waals surface area (Å²) in [6, 6.07) is 30.1. The molecule has 0 bridgehead atoms. The zero-order chi connectivity index (χ0) is 21.5. The van der Waals surface area contributed by atoms with Gasteiger partial charge in [-0.15, -0.1) is 0 Å². The van der Waals surface area contributed by atoms with Gasteiger partial charge in [-0.1, -0.05) is 60.7 Å². The molecule has 1 aliphatic rings. The molecule has 4 rings (SSSR count). The summed E-state index contributed by atoms with van der Waals surface area (Å²) < 4.78 is 5.62. The quantitative estimate of drug-likeness (QED) is 0.618. The Morgan fingerprint density at radius 1 is 0.839 bits per heavy atom. The van der Waals surface area contributed by atoms with Crippen molar-refractivity contribution in [3.8, 4) is 11.8 Å². The van der Waals surface area contributed by atoms with E-state index in [9.17, 15) is 4.79 Å². The van der Waals surface area contributed by atoms with E-state index in [0.717, 1.165) is 13.1 Å². The second-order valence-electron chi connectivity index (χ2n) is 7.57. The van der Waals surface area contributed by atoms with E-state index in [1.807, 2.05) is 17.0 Å². The molecular weight excluding hydrogens is 386 g/mol. The fourth-order valence-corrected chi connectivity index (χ4v) is 3.98. The van der Waals surface area contributed by atoms with Crippen LogP contribution in [0.4, 0.5) is 0 Å². The highest BCUT2D eigenvalue weighted by molar-refractivity contribution is 5.77. The van der Waals surface area contributed by atoms with E-state index in [4.69, 9.17) is 10.00 Å². The number of carbonyl (C=O) groups is 1. The molecule has 0 spiro atoms. The molecule has 0 atom stereocenters. The molecule has 31 heavy (non-hydrogen) atoms. The minimum absolute atomic E-state index is 0.00665. The number of rotatable bonds is 6. The molecule has 1 heterocycles. The molecule has 0 N–H and O–H groups in total. The summed E-state index contributed by atoms with van der Waals surface area (Å²) in [4.78, 5) is 16.9. The van der Waals surface area contributed by atoms with E-state index in [0.29, 0.717) is 24.4 Å². The van der Waals surface area contributed by atoms with Crippen LogP contribution >= 0.6 is 0 Å². The maximum absolute atomic E-state index is 12.6. The molecule has 5 heteroatoms. The van der Waals surface area contributed by atoms with Crippen molar-refractivity contribution in [3.05, 3.63) is 102 Å².